The van der Waals surface area contributed by atoms with Gasteiger partial charge in [-0.2, -0.15) is 0 Å². The van der Waals surface area contributed by atoms with Gasteiger partial charge >= 0.3 is 5.97 Å². The lowest BCUT2D eigenvalue weighted by Gasteiger charge is -2.32. The van der Waals surface area contributed by atoms with Crippen LogP contribution in [0.2, 0.25) is 0 Å². The first-order valence-corrected chi connectivity index (χ1v) is 10.1. The van der Waals surface area contributed by atoms with Gasteiger partial charge in [-0.1, -0.05) is 13.8 Å². The lowest BCUT2D eigenvalue weighted by atomic mass is 9.75. The lowest BCUT2D eigenvalue weighted by molar-refractivity contribution is 0.0694. The van der Waals surface area contributed by atoms with Crippen LogP contribution in [-0.4, -0.2) is 43.1 Å². The molecule has 0 fully saturated rings. The summed E-state index contributed by atoms with van der Waals surface area (Å²) < 4.78 is 18.0. The minimum absolute atomic E-state index is 0.0899. The molecule has 7 nitrogen and oxygen atoms in total. The van der Waals surface area contributed by atoms with E-state index in [4.69, 9.17) is 14.2 Å². The van der Waals surface area contributed by atoms with Gasteiger partial charge in [0.2, 0.25) is 0 Å². The highest BCUT2D eigenvalue weighted by Gasteiger charge is 2.32. The number of benzene rings is 1. The van der Waals surface area contributed by atoms with Gasteiger partial charge in [-0.25, -0.2) is 4.79 Å². The van der Waals surface area contributed by atoms with Crippen molar-refractivity contribution in [2.75, 3.05) is 27.4 Å². The Morgan fingerprint density at radius 2 is 1.93 bits per heavy atom. The van der Waals surface area contributed by atoms with E-state index in [1.807, 2.05) is 12.1 Å². The Labute approximate surface area is 176 Å². The fourth-order valence-corrected chi connectivity index (χ4v) is 4.12. The van der Waals surface area contributed by atoms with Crippen LogP contribution in [0.5, 0.6) is 11.5 Å². The highest BCUT2D eigenvalue weighted by Crippen LogP contribution is 2.46. The van der Waals surface area contributed by atoms with E-state index in [1.54, 1.807) is 27.3 Å². The molecule has 1 aromatic heterocycles. The van der Waals surface area contributed by atoms with E-state index in [0.717, 1.165) is 35.2 Å². The number of hydrogen-bond acceptors (Lipinski definition) is 5. The number of ether oxygens (including phenoxy) is 3. The lowest BCUT2D eigenvalue weighted by Crippen LogP contribution is -2.30. The molecule has 1 heterocycles. The molecule has 0 bridgehead atoms. The van der Waals surface area contributed by atoms with E-state index < -0.39 is 11.5 Å². The summed E-state index contributed by atoms with van der Waals surface area (Å²) in [6.45, 7) is 5.34. The number of carbonyl (C=O) groups is 1. The van der Waals surface area contributed by atoms with E-state index in [1.165, 1.54) is 4.57 Å². The van der Waals surface area contributed by atoms with Crippen LogP contribution in [0.1, 0.15) is 47.7 Å². The molecule has 30 heavy (non-hydrogen) atoms. The molecule has 2 aromatic rings. The van der Waals surface area contributed by atoms with E-state index in [0.29, 0.717) is 24.7 Å². The summed E-state index contributed by atoms with van der Waals surface area (Å²) in [5.74, 6) is 0.390. The van der Waals surface area contributed by atoms with Crippen molar-refractivity contribution in [3.63, 3.8) is 0 Å². The number of carboxylic acids is 1. The average Bonchev–Trinajstić information content (AvgIpc) is 2.71. The standard InChI is InChI=1S/C23H29NO6/c1-13(2)15-9-14-10-20(30-8-6-7-28-4)19(29-5)12-16(14)21-17(15)11-18(23(26)27)22(25)24(21)3/h10-13,15H,6-9H2,1-5H3,(H,26,27). The number of rotatable bonds is 8. The molecular weight excluding hydrogens is 386 g/mol. The van der Waals surface area contributed by atoms with Crippen LogP contribution in [0.25, 0.3) is 11.3 Å². The minimum atomic E-state index is -1.20. The number of carboxylic acid groups (broad SMARTS) is 1. The van der Waals surface area contributed by atoms with E-state index in [2.05, 4.69) is 13.8 Å². The predicted molar refractivity (Wildman–Crippen MR) is 114 cm³/mol. The zero-order chi connectivity index (χ0) is 22.0. The molecule has 162 valence electrons. The Balaban J connectivity index is 2.17. The Hall–Kier alpha value is -2.80. The quantitative estimate of drug-likeness (QED) is 0.665. The second kappa shape index (κ2) is 8.92. The van der Waals surface area contributed by atoms with Crippen LogP contribution >= 0.6 is 0 Å². The number of methoxy groups -OCH3 is 2. The normalized spacial score (nSPS) is 14.9. The first kappa shape index (κ1) is 21.9. The Kier molecular flexibility index (Phi) is 6.51. The van der Waals surface area contributed by atoms with E-state index in [9.17, 15) is 14.7 Å². The molecular formula is C23H29NO6. The largest absolute Gasteiger partial charge is 0.493 e. The summed E-state index contributed by atoms with van der Waals surface area (Å²) in [6, 6.07) is 5.42. The number of pyridine rings is 1. The van der Waals surface area contributed by atoms with Crippen molar-refractivity contribution in [3.8, 4) is 22.8 Å². The number of hydrogen-bond donors (Lipinski definition) is 1. The SMILES string of the molecule is COCCCOc1cc2c(cc1OC)-c1c(cc(C(=O)O)c(=O)n1C)C(C(C)C)C2. The van der Waals surface area contributed by atoms with Crippen molar-refractivity contribution in [1.29, 1.82) is 0 Å². The van der Waals surface area contributed by atoms with Gasteiger partial charge in [0, 0.05) is 32.7 Å². The fraction of sp³-hybridized carbons (Fsp3) is 0.478. The molecule has 0 amide bonds. The van der Waals surface area contributed by atoms with Crippen LogP contribution in [0.3, 0.4) is 0 Å². The third kappa shape index (κ3) is 3.94. The zero-order valence-corrected chi connectivity index (χ0v) is 18.2. The summed E-state index contributed by atoms with van der Waals surface area (Å²) in [7, 11) is 4.86. The molecule has 7 heteroatoms. The monoisotopic (exact) mass is 415 g/mol. The number of aromatic nitrogens is 1. The Bertz CT molecular complexity index is 1010. The van der Waals surface area contributed by atoms with E-state index >= 15 is 0 Å². The van der Waals surface area contributed by atoms with Gasteiger partial charge in [0.1, 0.15) is 5.56 Å². The third-order valence-corrected chi connectivity index (χ3v) is 5.71. The van der Waals surface area contributed by atoms with Gasteiger partial charge in [-0.15, -0.1) is 0 Å². The van der Waals surface area contributed by atoms with Crippen LogP contribution < -0.4 is 15.0 Å². The molecule has 0 spiro atoms. The highest BCUT2D eigenvalue weighted by molar-refractivity contribution is 5.89. The third-order valence-electron chi connectivity index (χ3n) is 5.71. The number of aromatic carboxylic acids is 1. The van der Waals surface area contributed by atoms with Gasteiger partial charge in [0.25, 0.3) is 5.56 Å². The number of fused-ring (bicyclic) bond motifs is 3. The van der Waals surface area contributed by atoms with Gasteiger partial charge in [-0.05, 0) is 47.6 Å². The highest BCUT2D eigenvalue weighted by atomic mass is 16.5. The first-order valence-electron chi connectivity index (χ1n) is 10.1. The number of nitrogens with zero attached hydrogens (tertiary/aromatic N) is 1. The van der Waals surface area contributed by atoms with Crippen molar-refractivity contribution in [3.05, 3.63) is 45.2 Å². The maximum Gasteiger partial charge on any atom is 0.341 e. The van der Waals surface area contributed by atoms with Crippen LogP contribution in [0.15, 0.2) is 23.0 Å². The van der Waals surface area contributed by atoms with Crippen LogP contribution in [0.4, 0.5) is 0 Å². The minimum Gasteiger partial charge on any atom is -0.493 e. The average molecular weight is 415 g/mol. The predicted octanol–water partition coefficient (Wildman–Crippen LogP) is 3.47. The first-order chi connectivity index (χ1) is 14.3. The van der Waals surface area contributed by atoms with Gasteiger partial charge < -0.3 is 23.9 Å². The summed E-state index contributed by atoms with van der Waals surface area (Å²) in [6.07, 6.45) is 1.50. The molecule has 1 N–H and O–H groups in total. The van der Waals surface area contributed by atoms with Crippen molar-refractivity contribution < 1.29 is 24.1 Å². The van der Waals surface area contributed by atoms with Crippen molar-refractivity contribution >= 4 is 5.97 Å². The van der Waals surface area contributed by atoms with Gasteiger partial charge in [0.15, 0.2) is 11.5 Å². The summed E-state index contributed by atoms with van der Waals surface area (Å²) >= 11 is 0. The molecule has 1 aliphatic rings. The molecule has 0 aliphatic heterocycles. The molecule has 0 radical (unpaired) electrons. The Morgan fingerprint density at radius 3 is 2.53 bits per heavy atom. The second-order valence-corrected chi connectivity index (χ2v) is 7.94. The molecule has 0 saturated heterocycles. The zero-order valence-electron chi connectivity index (χ0n) is 18.2. The van der Waals surface area contributed by atoms with Gasteiger partial charge in [-0.3, -0.25) is 4.79 Å². The topological polar surface area (TPSA) is 87.0 Å². The summed E-state index contributed by atoms with van der Waals surface area (Å²) in [5, 5.41) is 9.49. The van der Waals surface area contributed by atoms with Crippen molar-refractivity contribution in [2.24, 2.45) is 13.0 Å². The molecule has 1 aliphatic carbocycles. The van der Waals surface area contributed by atoms with E-state index in [-0.39, 0.29) is 17.4 Å². The maximum atomic E-state index is 12.7. The Morgan fingerprint density at radius 1 is 1.20 bits per heavy atom. The fourth-order valence-electron chi connectivity index (χ4n) is 4.12. The summed E-state index contributed by atoms with van der Waals surface area (Å²) in [5.41, 5.74) is 2.84. The van der Waals surface area contributed by atoms with Gasteiger partial charge in [0.05, 0.1) is 19.4 Å². The molecule has 1 unspecified atom stereocenters. The molecule has 0 saturated carbocycles. The maximum absolute atomic E-state index is 12.7. The van der Waals surface area contributed by atoms with Crippen molar-refractivity contribution in [1.82, 2.24) is 4.57 Å². The molecule has 3 rings (SSSR count). The van der Waals surface area contributed by atoms with Crippen LogP contribution in [0, 0.1) is 5.92 Å². The summed E-state index contributed by atoms with van der Waals surface area (Å²) in [4.78, 5) is 24.3. The van der Waals surface area contributed by atoms with Crippen LogP contribution in [-0.2, 0) is 18.2 Å². The smallest absolute Gasteiger partial charge is 0.341 e. The molecule has 1 atom stereocenters. The van der Waals surface area contributed by atoms with Crippen molar-refractivity contribution in [2.45, 2.75) is 32.6 Å². The second-order valence-electron chi connectivity index (χ2n) is 7.94. The molecule has 1 aromatic carbocycles.